The zero-order chi connectivity index (χ0) is 17.3. The summed E-state index contributed by atoms with van der Waals surface area (Å²) < 4.78 is 5.35. The summed E-state index contributed by atoms with van der Waals surface area (Å²) in [5, 5.41) is 6.92. The van der Waals surface area contributed by atoms with Crippen LogP contribution in [0.15, 0.2) is 58.1 Å². The van der Waals surface area contributed by atoms with E-state index in [9.17, 15) is 0 Å². The van der Waals surface area contributed by atoms with E-state index < -0.39 is 0 Å². The highest BCUT2D eigenvalue weighted by atomic mass is 127. The average molecular weight is 468 g/mol. The number of halogens is 1. The molecule has 0 amide bonds. The number of likely N-dealkylation sites (tertiary alicyclic amines) is 1. The van der Waals surface area contributed by atoms with E-state index >= 15 is 0 Å². The molecule has 3 rings (SSSR count). The van der Waals surface area contributed by atoms with Crippen molar-refractivity contribution < 1.29 is 4.42 Å². The molecule has 2 aromatic rings. The number of hydrogen-bond acceptors (Lipinski definition) is 3. The summed E-state index contributed by atoms with van der Waals surface area (Å²) in [6, 6.07) is 15.1. The van der Waals surface area contributed by atoms with Crippen molar-refractivity contribution in [2.75, 3.05) is 26.7 Å². The molecule has 0 atom stereocenters. The summed E-state index contributed by atoms with van der Waals surface area (Å²) >= 11 is 0. The first-order valence-corrected chi connectivity index (χ1v) is 9.09. The Bertz CT molecular complexity index is 637. The Morgan fingerprint density at radius 1 is 1.15 bits per heavy atom. The minimum atomic E-state index is 0. The molecule has 0 spiro atoms. The van der Waals surface area contributed by atoms with Crippen molar-refractivity contribution >= 4 is 29.9 Å². The van der Waals surface area contributed by atoms with Crippen LogP contribution >= 0.6 is 24.0 Å². The Morgan fingerprint density at radius 2 is 1.92 bits per heavy atom. The number of rotatable bonds is 6. The first-order chi connectivity index (χ1) is 12.3. The largest absolute Gasteiger partial charge is 0.469 e. The van der Waals surface area contributed by atoms with E-state index in [0.29, 0.717) is 6.04 Å². The van der Waals surface area contributed by atoms with Crippen LogP contribution in [-0.4, -0.2) is 43.6 Å². The van der Waals surface area contributed by atoms with Crippen molar-refractivity contribution in [3.63, 3.8) is 0 Å². The normalized spacial score (nSPS) is 16.1. The molecule has 0 radical (unpaired) electrons. The summed E-state index contributed by atoms with van der Waals surface area (Å²) in [5.74, 6) is 1.88. The molecule has 0 aliphatic carbocycles. The van der Waals surface area contributed by atoms with Gasteiger partial charge in [-0.3, -0.25) is 9.89 Å². The van der Waals surface area contributed by atoms with Crippen LogP contribution in [0.5, 0.6) is 0 Å². The van der Waals surface area contributed by atoms with Gasteiger partial charge in [-0.15, -0.1) is 24.0 Å². The summed E-state index contributed by atoms with van der Waals surface area (Å²) in [4.78, 5) is 6.87. The lowest BCUT2D eigenvalue weighted by Crippen LogP contribution is -2.48. The van der Waals surface area contributed by atoms with E-state index in [2.05, 4.69) is 50.9 Å². The molecule has 142 valence electrons. The summed E-state index contributed by atoms with van der Waals surface area (Å²) in [6.45, 7) is 4.11. The van der Waals surface area contributed by atoms with Crippen LogP contribution in [-0.2, 0) is 13.0 Å². The third kappa shape index (κ3) is 6.64. The number of nitrogens with zero attached hydrogens (tertiary/aromatic N) is 2. The van der Waals surface area contributed by atoms with Crippen molar-refractivity contribution in [2.45, 2.75) is 31.8 Å². The van der Waals surface area contributed by atoms with Gasteiger partial charge in [0.15, 0.2) is 5.96 Å². The molecule has 2 N–H and O–H groups in total. The smallest absolute Gasteiger partial charge is 0.191 e. The van der Waals surface area contributed by atoms with Crippen molar-refractivity contribution in [3.05, 3.63) is 60.1 Å². The standard InChI is InChI=1S/C20H28N4O.HI/c1-21-20(22-12-9-19-8-5-15-25-19)23-18-10-13-24(14-11-18)16-17-6-3-2-4-7-17;/h2-8,15,18H,9-14,16H2,1H3,(H2,21,22,23);1H. The van der Waals surface area contributed by atoms with Crippen molar-refractivity contribution in [2.24, 2.45) is 4.99 Å². The van der Waals surface area contributed by atoms with E-state index in [-0.39, 0.29) is 24.0 Å². The molecule has 1 fully saturated rings. The monoisotopic (exact) mass is 468 g/mol. The molecule has 0 saturated carbocycles. The van der Waals surface area contributed by atoms with Crippen molar-refractivity contribution in [1.82, 2.24) is 15.5 Å². The van der Waals surface area contributed by atoms with Gasteiger partial charge >= 0.3 is 0 Å². The van der Waals surface area contributed by atoms with E-state index in [1.54, 1.807) is 6.26 Å². The number of nitrogens with one attached hydrogen (secondary N) is 2. The van der Waals surface area contributed by atoms with Gasteiger partial charge in [0.25, 0.3) is 0 Å². The van der Waals surface area contributed by atoms with E-state index in [4.69, 9.17) is 4.42 Å². The lowest BCUT2D eigenvalue weighted by Gasteiger charge is -2.33. The van der Waals surface area contributed by atoms with E-state index in [1.165, 1.54) is 5.56 Å². The van der Waals surface area contributed by atoms with Gasteiger partial charge in [-0.05, 0) is 30.5 Å². The average Bonchev–Trinajstić information content (AvgIpc) is 3.17. The molecule has 1 saturated heterocycles. The van der Waals surface area contributed by atoms with Crippen molar-refractivity contribution in [3.8, 4) is 0 Å². The predicted molar refractivity (Wildman–Crippen MR) is 117 cm³/mol. The fourth-order valence-electron chi connectivity index (χ4n) is 3.22. The number of guanidine groups is 1. The Balaban J connectivity index is 0.00000243. The highest BCUT2D eigenvalue weighted by molar-refractivity contribution is 14.0. The molecule has 1 aliphatic heterocycles. The molecule has 26 heavy (non-hydrogen) atoms. The highest BCUT2D eigenvalue weighted by Crippen LogP contribution is 2.13. The molecular formula is C20H29IN4O. The van der Waals surface area contributed by atoms with E-state index in [1.807, 2.05) is 19.2 Å². The third-order valence-electron chi connectivity index (χ3n) is 4.64. The van der Waals surface area contributed by atoms with Gasteiger partial charge in [-0.1, -0.05) is 30.3 Å². The van der Waals surface area contributed by atoms with Gasteiger partial charge in [-0.2, -0.15) is 0 Å². The van der Waals surface area contributed by atoms with Gasteiger partial charge in [-0.25, -0.2) is 0 Å². The van der Waals surface area contributed by atoms with E-state index in [0.717, 1.165) is 57.2 Å². The van der Waals surface area contributed by atoms with Gasteiger partial charge in [0.2, 0.25) is 0 Å². The predicted octanol–water partition coefficient (Wildman–Crippen LogP) is 3.27. The van der Waals surface area contributed by atoms with Crippen LogP contribution in [0, 0.1) is 0 Å². The Morgan fingerprint density at radius 3 is 2.58 bits per heavy atom. The first kappa shape index (κ1) is 20.8. The molecule has 1 aliphatic rings. The maximum Gasteiger partial charge on any atom is 0.191 e. The Labute approximate surface area is 173 Å². The number of hydrogen-bond donors (Lipinski definition) is 2. The maximum absolute atomic E-state index is 5.35. The molecule has 1 aromatic heterocycles. The zero-order valence-electron chi connectivity index (χ0n) is 15.4. The summed E-state index contributed by atoms with van der Waals surface area (Å²) in [7, 11) is 1.83. The molecule has 1 aromatic carbocycles. The number of benzene rings is 1. The first-order valence-electron chi connectivity index (χ1n) is 9.09. The minimum Gasteiger partial charge on any atom is -0.469 e. The lowest BCUT2D eigenvalue weighted by atomic mass is 10.0. The SMILES string of the molecule is CN=C(NCCc1ccco1)NC1CCN(Cc2ccccc2)CC1.I. The molecule has 6 heteroatoms. The van der Waals surface area contributed by atoms with Crippen LogP contribution in [0.4, 0.5) is 0 Å². The Kier molecular flexibility index (Phi) is 8.97. The molecule has 0 bridgehead atoms. The fourth-order valence-corrected chi connectivity index (χ4v) is 3.22. The van der Waals surface area contributed by atoms with Crippen LogP contribution in [0.2, 0.25) is 0 Å². The van der Waals surface area contributed by atoms with Crippen LogP contribution in [0.1, 0.15) is 24.2 Å². The lowest BCUT2D eigenvalue weighted by molar-refractivity contribution is 0.198. The third-order valence-corrected chi connectivity index (χ3v) is 4.64. The highest BCUT2D eigenvalue weighted by Gasteiger charge is 2.19. The fraction of sp³-hybridized carbons (Fsp3) is 0.450. The van der Waals surface area contributed by atoms with Crippen LogP contribution in [0.3, 0.4) is 0 Å². The maximum atomic E-state index is 5.35. The molecular weight excluding hydrogens is 439 g/mol. The van der Waals surface area contributed by atoms with Gasteiger partial charge in [0, 0.05) is 45.7 Å². The second-order valence-electron chi connectivity index (χ2n) is 6.51. The topological polar surface area (TPSA) is 52.8 Å². The van der Waals surface area contributed by atoms with Gasteiger partial charge < -0.3 is 15.1 Å². The van der Waals surface area contributed by atoms with Crippen LogP contribution in [0.25, 0.3) is 0 Å². The number of piperidine rings is 1. The quantitative estimate of drug-likeness (QED) is 0.388. The van der Waals surface area contributed by atoms with Gasteiger partial charge in [0.1, 0.15) is 5.76 Å². The molecule has 5 nitrogen and oxygen atoms in total. The summed E-state index contributed by atoms with van der Waals surface area (Å²) in [5.41, 5.74) is 1.39. The molecule has 2 heterocycles. The van der Waals surface area contributed by atoms with Gasteiger partial charge in [0.05, 0.1) is 6.26 Å². The second-order valence-corrected chi connectivity index (χ2v) is 6.51. The number of furan rings is 1. The Hall–Kier alpha value is -1.54. The number of aliphatic imine (C=N–C) groups is 1. The van der Waals surface area contributed by atoms with Crippen molar-refractivity contribution in [1.29, 1.82) is 0 Å². The zero-order valence-corrected chi connectivity index (χ0v) is 17.7. The van der Waals surface area contributed by atoms with Crippen LogP contribution < -0.4 is 10.6 Å². The summed E-state index contributed by atoms with van der Waals surface area (Å²) in [6.07, 6.45) is 4.87. The minimum absolute atomic E-state index is 0. The second kappa shape index (κ2) is 11.2. The molecule has 0 unspecified atom stereocenters.